The molecule has 2 heterocycles. The Balaban J connectivity index is 2.07. The summed E-state index contributed by atoms with van der Waals surface area (Å²) >= 11 is 0. The lowest BCUT2D eigenvalue weighted by Gasteiger charge is -2.35. The molecule has 5 nitrogen and oxygen atoms in total. The number of nitriles is 1. The van der Waals surface area contributed by atoms with Gasteiger partial charge in [-0.25, -0.2) is 0 Å². The van der Waals surface area contributed by atoms with Gasteiger partial charge in [-0.3, -0.25) is 4.79 Å². The zero-order chi connectivity index (χ0) is 14.4. The average molecular weight is 277 g/mol. The molecule has 2 aliphatic heterocycles. The molecule has 5 heteroatoms. The molecule has 110 valence electrons. The molecule has 1 unspecified atom stereocenters. The fraction of sp³-hybridized carbons (Fsp3) is 0.733. The summed E-state index contributed by atoms with van der Waals surface area (Å²) in [6, 6.07) is 2.54. The number of rotatable bonds is 3. The van der Waals surface area contributed by atoms with Crippen LogP contribution >= 0.6 is 0 Å². The van der Waals surface area contributed by atoms with E-state index in [2.05, 4.69) is 17.9 Å². The first kappa shape index (κ1) is 14.9. The summed E-state index contributed by atoms with van der Waals surface area (Å²) in [4.78, 5) is 16.2. The maximum absolute atomic E-state index is 12.4. The normalized spacial score (nSPS) is 24.4. The van der Waals surface area contributed by atoms with E-state index in [4.69, 9.17) is 4.74 Å². The van der Waals surface area contributed by atoms with Crippen molar-refractivity contribution in [2.45, 2.75) is 38.6 Å². The Bertz CT molecular complexity index is 408. The van der Waals surface area contributed by atoms with E-state index >= 15 is 0 Å². The number of ether oxygens (including phenoxy) is 1. The van der Waals surface area contributed by atoms with Crippen molar-refractivity contribution < 1.29 is 9.53 Å². The number of nitrogens with zero attached hydrogens (tertiary/aromatic N) is 3. The molecule has 2 rings (SSSR count). The number of morpholine rings is 1. The quantitative estimate of drug-likeness (QED) is 0.580. The molecule has 0 aromatic rings. The van der Waals surface area contributed by atoms with Gasteiger partial charge in [0.2, 0.25) is 0 Å². The van der Waals surface area contributed by atoms with Crippen LogP contribution in [0.3, 0.4) is 0 Å². The third-order valence-electron chi connectivity index (χ3n) is 4.09. The van der Waals surface area contributed by atoms with Gasteiger partial charge < -0.3 is 14.5 Å². The summed E-state index contributed by atoms with van der Waals surface area (Å²) in [6.45, 7) is 5.38. The third-order valence-corrected chi connectivity index (χ3v) is 4.09. The standard InChI is InChI=1S/C15H23N3O2/c1-2-14-5-3-4-6-18(14)12-13(11-16)15(19)17-7-9-20-10-8-17/h12,14H,2-10H2,1H3/b13-12-. The second-order valence-corrected chi connectivity index (χ2v) is 5.35. The minimum atomic E-state index is -0.156. The number of piperidine rings is 1. The van der Waals surface area contributed by atoms with Crippen LogP contribution in [0.5, 0.6) is 0 Å². The van der Waals surface area contributed by atoms with E-state index in [-0.39, 0.29) is 11.5 Å². The van der Waals surface area contributed by atoms with Crippen molar-refractivity contribution in [3.8, 4) is 6.07 Å². The maximum Gasteiger partial charge on any atom is 0.266 e. The van der Waals surface area contributed by atoms with Crippen LogP contribution in [0, 0.1) is 11.3 Å². The monoisotopic (exact) mass is 277 g/mol. The van der Waals surface area contributed by atoms with E-state index in [1.54, 1.807) is 11.1 Å². The van der Waals surface area contributed by atoms with E-state index in [0.29, 0.717) is 32.3 Å². The van der Waals surface area contributed by atoms with Crippen molar-refractivity contribution >= 4 is 5.91 Å². The van der Waals surface area contributed by atoms with Crippen LogP contribution < -0.4 is 0 Å². The number of hydrogen-bond acceptors (Lipinski definition) is 4. The van der Waals surface area contributed by atoms with E-state index in [9.17, 15) is 10.1 Å². The maximum atomic E-state index is 12.4. The molecule has 1 atom stereocenters. The molecule has 20 heavy (non-hydrogen) atoms. The number of amides is 1. The van der Waals surface area contributed by atoms with Gasteiger partial charge >= 0.3 is 0 Å². The summed E-state index contributed by atoms with van der Waals surface area (Å²) in [7, 11) is 0. The zero-order valence-electron chi connectivity index (χ0n) is 12.2. The molecule has 0 bridgehead atoms. The predicted molar refractivity (Wildman–Crippen MR) is 75.7 cm³/mol. The average Bonchev–Trinajstić information content (AvgIpc) is 2.53. The van der Waals surface area contributed by atoms with Crippen LogP contribution in [0.4, 0.5) is 0 Å². The Kier molecular flexibility index (Phi) is 5.42. The van der Waals surface area contributed by atoms with Gasteiger partial charge in [-0.1, -0.05) is 6.92 Å². The number of carbonyl (C=O) groups excluding carboxylic acids is 1. The van der Waals surface area contributed by atoms with Gasteiger partial charge in [0.1, 0.15) is 11.6 Å². The van der Waals surface area contributed by atoms with Gasteiger partial charge in [-0.2, -0.15) is 5.26 Å². The van der Waals surface area contributed by atoms with Gasteiger partial charge in [0.15, 0.2) is 0 Å². The van der Waals surface area contributed by atoms with Crippen molar-refractivity contribution in [1.29, 1.82) is 5.26 Å². The van der Waals surface area contributed by atoms with Gasteiger partial charge in [0.25, 0.3) is 5.91 Å². The molecular weight excluding hydrogens is 254 g/mol. The second-order valence-electron chi connectivity index (χ2n) is 5.35. The Labute approximate surface area is 120 Å². The molecule has 0 spiro atoms. The Morgan fingerprint density at radius 1 is 1.35 bits per heavy atom. The second kappa shape index (κ2) is 7.30. The molecule has 0 N–H and O–H groups in total. The SMILES string of the molecule is CCC1CCCCN1/C=C(/C#N)C(=O)N1CCOCC1. The number of likely N-dealkylation sites (tertiary alicyclic amines) is 1. The van der Waals surface area contributed by atoms with Crippen LogP contribution in [0.1, 0.15) is 32.6 Å². The first-order chi connectivity index (χ1) is 9.76. The molecule has 1 amide bonds. The highest BCUT2D eigenvalue weighted by atomic mass is 16.5. The van der Waals surface area contributed by atoms with Crippen LogP contribution in [0.25, 0.3) is 0 Å². The fourth-order valence-electron chi connectivity index (χ4n) is 2.87. The molecule has 0 aromatic heterocycles. The summed E-state index contributed by atoms with van der Waals surface area (Å²) < 4.78 is 5.24. The predicted octanol–water partition coefficient (Wildman–Crippen LogP) is 1.52. The first-order valence-electron chi connectivity index (χ1n) is 7.51. The van der Waals surface area contributed by atoms with Gasteiger partial charge in [0.05, 0.1) is 13.2 Å². The van der Waals surface area contributed by atoms with Crippen molar-refractivity contribution in [2.75, 3.05) is 32.8 Å². The van der Waals surface area contributed by atoms with Gasteiger partial charge in [-0.15, -0.1) is 0 Å². The Morgan fingerprint density at radius 2 is 2.10 bits per heavy atom. The van der Waals surface area contributed by atoms with Crippen LogP contribution in [-0.2, 0) is 9.53 Å². The van der Waals surface area contributed by atoms with Crippen molar-refractivity contribution in [1.82, 2.24) is 9.80 Å². The van der Waals surface area contributed by atoms with Gasteiger partial charge in [0, 0.05) is 31.9 Å². The first-order valence-corrected chi connectivity index (χ1v) is 7.51. The molecular formula is C15H23N3O2. The molecule has 0 saturated carbocycles. The summed E-state index contributed by atoms with van der Waals surface area (Å²) in [5.74, 6) is -0.156. The summed E-state index contributed by atoms with van der Waals surface area (Å²) in [5, 5.41) is 9.29. The highest BCUT2D eigenvalue weighted by Crippen LogP contribution is 2.21. The van der Waals surface area contributed by atoms with E-state index in [1.165, 1.54) is 6.42 Å². The van der Waals surface area contributed by atoms with E-state index in [1.807, 2.05) is 0 Å². The lowest BCUT2D eigenvalue weighted by Crippen LogP contribution is -2.42. The molecule has 2 saturated heterocycles. The number of carbonyl (C=O) groups is 1. The van der Waals surface area contributed by atoms with Gasteiger partial charge in [-0.05, 0) is 25.7 Å². The van der Waals surface area contributed by atoms with E-state index in [0.717, 1.165) is 25.8 Å². The molecule has 0 aromatic carbocycles. The van der Waals surface area contributed by atoms with Crippen LogP contribution in [0.2, 0.25) is 0 Å². The van der Waals surface area contributed by atoms with Crippen molar-refractivity contribution in [2.24, 2.45) is 0 Å². The Morgan fingerprint density at radius 3 is 2.75 bits per heavy atom. The largest absolute Gasteiger partial charge is 0.378 e. The van der Waals surface area contributed by atoms with Crippen LogP contribution in [-0.4, -0.2) is 54.6 Å². The fourth-order valence-corrected chi connectivity index (χ4v) is 2.87. The number of hydrogen-bond donors (Lipinski definition) is 0. The van der Waals surface area contributed by atoms with Crippen molar-refractivity contribution in [3.05, 3.63) is 11.8 Å². The highest BCUT2D eigenvalue weighted by Gasteiger charge is 2.24. The van der Waals surface area contributed by atoms with Crippen molar-refractivity contribution in [3.63, 3.8) is 0 Å². The molecule has 0 radical (unpaired) electrons. The minimum Gasteiger partial charge on any atom is -0.378 e. The van der Waals surface area contributed by atoms with Crippen LogP contribution in [0.15, 0.2) is 11.8 Å². The topological polar surface area (TPSA) is 56.6 Å². The Hall–Kier alpha value is -1.54. The lowest BCUT2D eigenvalue weighted by atomic mass is 10.0. The lowest BCUT2D eigenvalue weighted by molar-refractivity contribution is -0.130. The summed E-state index contributed by atoms with van der Waals surface area (Å²) in [6.07, 6.45) is 6.36. The highest BCUT2D eigenvalue weighted by molar-refractivity contribution is 5.97. The zero-order valence-corrected chi connectivity index (χ0v) is 12.2. The minimum absolute atomic E-state index is 0.156. The third kappa shape index (κ3) is 3.51. The molecule has 2 fully saturated rings. The molecule has 0 aliphatic carbocycles. The molecule has 2 aliphatic rings. The smallest absolute Gasteiger partial charge is 0.266 e. The van der Waals surface area contributed by atoms with E-state index < -0.39 is 0 Å². The summed E-state index contributed by atoms with van der Waals surface area (Å²) in [5.41, 5.74) is 0.257.